The van der Waals surface area contributed by atoms with Crippen LogP contribution in [0, 0.1) is 6.92 Å². The van der Waals surface area contributed by atoms with Crippen LogP contribution < -0.4 is 20.3 Å². The van der Waals surface area contributed by atoms with Gasteiger partial charge in [0.05, 0.1) is 14.2 Å². The average molecular weight is 408 g/mol. The van der Waals surface area contributed by atoms with Crippen molar-refractivity contribution in [3.8, 4) is 22.8 Å². The van der Waals surface area contributed by atoms with Crippen molar-refractivity contribution in [2.75, 3.05) is 19.5 Å². The Morgan fingerprint density at radius 2 is 1.87 bits per heavy atom. The van der Waals surface area contributed by atoms with Crippen LogP contribution in [0.4, 0.5) is 5.82 Å². The number of carbonyl (C=O) groups is 1. The second-order valence-electron chi connectivity index (χ2n) is 6.72. The summed E-state index contributed by atoms with van der Waals surface area (Å²) in [6.45, 7) is 2.24. The lowest BCUT2D eigenvalue weighted by Crippen LogP contribution is -2.24. The highest BCUT2D eigenvalue weighted by Gasteiger charge is 2.13. The van der Waals surface area contributed by atoms with Crippen LogP contribution >= 0.6 is 0 Å². The Kier molecular flexibility index (Phi) is 6.79. The third-order valence-electron chi connectivity index (χ3n) is 4.50. The Morgan fingerprint density at radius 3 is 2.53 bits per heavy atom. The number of ether oxygens (including phenoxy) is 2. The Labute approximate surface area is 174 Å². The Hall–Kier alpha value is -3.68. The van der Waals surface area contributed by atoms with Crippen LogP contribution in [0.15, 0.2) is 53.5 Å². The van der Waals surface area contributed by atoms with Crippen molar-refractivity contribution in [3.05, 3.63) is 64.6 Å². The molecule has 30 heavy (non-hydrogen) atoms. The minimum atomic E-state index is -0.287. The number of carbonyl (C=O) groups excluding carboxylic acids is 1. The number of anilines is 1. The van der Waals surface area contributed by atoms with Gasteiger partial charge in [0.1, 0.15) is 17.3 Å². The maximum absolute atomic E-state index is 12.4. The SMILES string of the molecule is COc1ccc(-c2nn(CCCC(=O)Nc3cc(C)ccn3)c(=O)cc2OC)cc1. The number of benzene rings is 1. The molecule has 8 heteroatoms. The summed E-state index contributed by atoms with van der Waals surface area (Å²) in [7, 11) is 3.09. The molecule has 0 fully saturated rings. The molecular weight excluding hydrogens is 384 g/mol. The van der Waals surface area contributed by atoms with Gasteiger partial charge in [0.2, 0.25) is 5.91 Å². The van der Waals surface area contributed by atoms with Crippen molar-refractivity contribution >= 4 is 11.7 Å². The quantitative estimate of drug-likeness (QED) is 0.616. The number of nitrogens with one attached hydrogen (secondary N) is 1. The molecule has 0 saturated heterocycles. The fourth-order valence-corrected chi connectivity index (χ4v) is 2.94. The summed E-state index contributed by atoms with van der Waals surface area (Å²) < 4.78 is 11.9. The van der Waals surface area contributed by atoms with Gasteiger partial charge >= 0.3 is 0 Å². The van der Waals surface area contributed by atoms with Crippen molar-refractivity contribution in [2.24, 2.45) is 0 Å². The van der Waals surface area contributed by atoms with Gasteiger partial charge < -0.3 is 14.8 Å². The summed E-state index contributed by atoms with van der Waals surface area (Å²) in [5, 5.41) is 7.22. The molecule has 3 rings (SSSR count). The van der Waals surface area contributed by atoms with Gasteiger partial charge in [-0.3, -0.25) is 9.59 Å². The highest BCUT2D eigenvalue weighted by molar-refractivity contribution is 5.89. The number of pyridine rings is 1. The lowest BCUT2D eigenvalue weighted by Gasteiger charge is -2.12. The first kappa shape index (κ1) is 21.0. The standard InChI is InChI=1S/C22H24N4O4/c1-15-10-11-23-19(13-15)24-20(27)5-4-12-26-21(28)14-18(30-3)22(25-26)16-6-8-17(29-2)9-7-16/h6-11,13-14H,4-5,12H2,1-3H3,(H,23,24,27). The van der Waals surface area contributed by atoms with Crippen LogP contribution in [0.2, 0.25) is 0 Å². The van der Waals surface area contributed by atoms with Gasteiger partial charge in [-0.25, -0.2) is 9.67 Å². The van der Waals surface area contributed by atoms with Crippen molar-refractivity contribution in [2.45, 2.75) is 26.3 Å². The van der Waals surface area contributed by atoms with Crippen LogP contribution in [-0.2, 0) is 11.3 Å². The van der Waals surface area contributed by atoms with Gasteiger partial charge in [-0.2, -0.15) is 5.10 Å². The molecule has 8 nitrogen and oxygen atoms in total. The van der Waals surface area contributed by atoms with Gasteiger partial charge in [-0.15, -0.1) is 0 Å². The van der Waals surface area contributed by atoms with E-state index in [-0.39, 0.29) is 17.9 Å². The normalized spacial score (nSPS) is 10.5. The zero-order valence-electron chi connectivity index (χ0n) is 17.2. The number of nitrogens with zero attached hydrogens (tertiary/aromatic N) is 3. The second kappa shape index (κ2) is 9.69. The molecule has 0 spiro atoms. The summed E-state index contributed by atoms with van der Waals surface area (Å²) in [6, 6.07) is 12.4. The van der Waals surface area contributed by atoms with E-state index in [9.17, 15) is 9.59 Å². The predicted molar refractivity (Wildman–Crippen MR) is 114 cm³/mol. The minimum Gasteiger partial charge on any atom is -0.497 e. The summed E-state index contributed by atoms with van der Waals surface area (Å²) in [6.07, 6.45) is 2.35. The lowest BCUT2D eigenvalue weighted by atomic mass is 10.1. The third kappa shape index (κ3) is 5.22. The molecule has 0 aliphatic rings. The molecule has 3 aromatic rings. The topological polar surface area (TPSA) is 95.3 Å². The number of methoxy groups -OCH3 is 2. The van der Waals surface area contributed by atoms with E-state index in [0.717, 1.165) is 16.9 Å². The van der Waals surface area contributed by atoms with E-state index in [1.54, 1.807) is 19.4 Å². The van der Waals surface area contributed by atoms with Crippen LogP contribution in [-0.4, -0.2) is 34.9 Å². The van der Waals surface area contributed by atoms with E-state index in [2.05, 4.69) is 15.4 Å². The van der Waals surface area contributed by atoms with Crippen LogP contribution in [0.25, 0.3) is 11.3 Å². The van der Waals surface area contributed by atoms with Crippen LogP contribution in [0.5, 0.6) is 11.5 Å². The van der Waals surface area contributed by atoms with Gasteiger partial charge in [-0.1, -0.05) is 0 Å². The van der Waals surface area contributed by atoms with Gasteiger partial charge in [0, 0.05) is 30.8 Å². The van der Waals surface area contributed by atoms with E-state index >= 15 is 0 Å². The average Bonchev–Trinajstić information content (AvgIpc) is 2.74. The molecular formula is C22H24N4O4. The highest BCUT2D eigenvalue weighted by atomic mass is 16.5. The van der Waals surface area contributed by atoms with E-state index in [1.807, 2.05) is 37.3 Å². The Morgan fingerprint density at radius 1 is 1.10 bits per heavy atom. The van der Waals surface area contributed by atoms with Crippen molar-refractivity contribution in [1.82, 2.24) is 14.8 Å². The van der Waals surface area contributed by atoms with E-state index in [4.69, 9.17) is 9.47 Å². The first-order chi connectivity index (χ1) is 14.5. The van der Waals surface area contributed by atoms with Crippen molar-refractivity contribution in [3.63, 3.8) is 0 Å². The smallest absolute Gasteiger partial charge is 0.270 e. The van der Waals surface area contributed by atoms with Crippen LogP contribution in [0.3, 0.4) is 0 Å². The maximum atomic E-state index is 12.4. The largest absolute Gasteiger partial charge is 0.497 e. The van der Waals surface area contributed by atoms with E-state index < -0.39 is 0 Å². The number of aromatic nitrogens is 3. The Bertz CT molecular complexity index is 1080. The summed E-state index contributed by atoms with van der Waals surface area (Å²) in [5.41, 5.74) is 2.07. The fraction of sp³-hybridized carbons (Fsp3) is 0.273. The first-order valence-corrected chi connectivity index (χ1v) is 9.53. The molecule has 0 unspecified atom stereocenters. The molecule has 1 aromatic carbocycles. The second-order valence-corrected chi connectivity index (χ2v) is 6.72. The van der Waals surface area contributed by atoms with Crippen LogP contribution in [0.1, 0.15) is 18.4 Å². The lowest BCUT2D eigenvalue weighted by molar-refractivity contribution is -0.116. The molecule has 2 aromatic heterocycles. The zero-order chi connectivity index (χ0) is 21.5. The summed E-state index contributed by atoms with van der Waals surface area (Å²) in [4.78, 5) is 28.6. The molecule has 0 bridgehead atoms. The number of amides is 1. The van der Waals surface area contributed by atoms with Gasteiger partial charge in [-0.05, 0) is 55.3 Å². The maximum Gasteiger partial charge on any atom is 0.270 e. The zero-order valence-corrected chi connectivity index (χ0v) is 17.2. The van der Waals surface area contributed by atoms with Crippen molar-refractivity contribution in [1.29, 1.82) is 0 Å². The monoisotopic (exact) mass is 408 g/mol. The molecule has 0 aliphatic heterocycles. The molecule has 2 heterocycles. The number of rotatable bonds is 8. The molecule has 1 amide bonds. The highest BCUT2D eigenvalue weighted by Crippen LogP contribution is 2.27. The van der Waals surface area contributed by atoms with E-state index in [1.165, 1.54) is 17.9 Å². The Balaban J connectivity index is 1.69. The first-order valence-electron chi connectivity index (χ1n) is 9.53. The molecule has 0 saturated carbocycles. The molecule has 1 N–H and O–H groups in total. The molecule has 0 radical (unpaired) electrons. The van der Waals surface area contributed by atoms with Gasteiger partial charge in [0.15, 0.2) is 5.75 Å². The van der Waals surface area contributed by atoms with E-state index in [0.29, 0.717) is 30.2 Å². The fourth-order valence-electron chi connectivity index (χ4n) is 2.94. The number of hydrogen-bond acceptors (Lipinski definition) is 6. The summed E-state index contributed by atoms with van der Waals surface area (Å²) in [5.74, 6) is 1.47. The molecule has 0 atom stereocenters. The van der Waals surface area contributed by atoms with Gasteiger partial charge in [0.25, 0.3) is 5.56 Å². The molecule has 156 valence electrons. The number of aryl methyl sites for hydroxylation is 2. The molecule has 0 aliphatic carbocycles. The minimum absolute atomic E-state index is 0.162. The predicted octanol–water partition coefficient (Wildman–Crippen LogP) is 3.05. The number of hydrogen-bond donors (Lipinski definition) is 1. The third-order valence-corrected chi connectivity index (χ3v) is 4.50. The summed E-state index contributed by atoms with van der Waals surface area (Å²) >= 11 is 0. The van der Waals surface area contributed by atoms with Crippen molar-refractivity contribution < 1.29 is 14.3 Å².